The zero-order valence-corrected chi connectivity index (χ0v) is 12.1. The summed E-state index contributed by atoms with van der Waals surface area (Å²) in [6.45, 7) is 1.66. The molecule has 0 aromatic carbocycles. The van der Waals surface area contributed by atoms with Gasteiger partial charge in [0, 0.05) is 13.2 Å². The Kier molecular flexibility index (Phi) is 5.22. The SMILES string of the molecule is CNC1(C(N)=O)CCCC1CCOCC1CCCC1. The Morgan fingerprint density at radius 2 is 2.05 bits per heavy atom. The summed E-state index contributed by atoms with van der Waals surface area (Å²) < 4.78 is 5.82. The van der Waals surface area contributed by atoms with Crippen molar-refractivity contribution in [3.63, 3.8) is 0 Å². The lowest BCUT2D eigenvalue weighted by Crippen LogP contribution is -2.56. The monoisotopic (exact) mass is 268 g/mol. The highest BCUT2D eigenvalue weighted by atomic mass is 16.5. The summed E-state index contributed by atoms with van der Waals surface area (Å²) in [7, 11) is 1.85. The lowest BCUT2D eigenvalue weighted by molar-refractivity contribution is -0.126. The Balaban J connectivity index is 1.73. The first-order valence-electron chi connectivity index (χ1n) is 7.75. The van der Waals surface area contributed by atoms with Gasteiger partial charge in [0.2, 0.25) is 5.91 Å². The zero-order chi connectivity index (χ0) is 13.7. The van der Waals surface area contributed by atoms with Crippen molar-refractivity contribution in [2.75, 3.05) is 20.3 Å². The van der Waals surface area contributed by atoms with Gasteiger partial charge >= 0.3 is 0 Å². The van der Waals surface area contributed by atoms with Gasteiger partial charge in [-0.2, -0.15) is 0 Å². The predicted molar refractivity (Wildman–Crippen MR) is 75.7 cm³/mol. The highest BCUT2D eigenvalue weighted by Gasteiger charge is 2.46. The lowest BCUT2D eigenvalue weighted by atomic mass is 9.84. The fourth-order valence-electron chi connectivity index (χ4n) is 3.90. The van der Waals surface area contributed by atoms with Crippen LogP contribution >= 0.6 is 0 Å². The van der Waals surface area contributed by atoms with Gasteiger partial charge in [-0.05, 0) is 51.0 Å². The van der Waals surface area contributed by atoms with E-state index in [0.29, 0.717) is 5.92 Å². The quantitative estimate of drug-likeness (QED) is 0.692. The van der Waals surface area contributed by atoms with Gasteiger partial charge in [-0.15, -0.1) is 0 Å². The summed E-state index contributed by atoms with van der Waals surface area (Å²) in [5, 5.41) is 3.18. The van der Waals surface area contributed by atoms with Crippen molar-refractivity contribution in [1.29, 1.82) is 0 Å². The fraction of sp³-hybridized carbons (Fsp3) is 0.933. The second-order valence-corrected chi connectivity index (χ2v) is 6.19. The van der Waals surface area contributed by atoms with Crippen LogP contribution in [0.2, 0.25) is 0 Å². The van der Waals surface area contributed by atoms with Crippen molar-refractivity contribution in [2.45, 2.75) is 56.9 Å². The Labute approximate surface area is 116 Å². The molecule has 0 bridgehead atoms. The number of rotatable bonds is 7. The van der Waals surface area contributed by atoms with E-state index in [9.17, 15) is 4.79 Å². The number of primary amides is 1. The first kappa shape index (κ1) is 14.8. The van der Waals surface area contributed by atoms with Crippen LogP contribution in [-0.4, -0.2) is 31.7 Å². The number of carbonyl (C=O) groups is 1. The lowest BCUT2D eigenvalue weighted by Gasteiger charge is -2.32. The molecule has 2 unspecified atom stereocenters. The van der Waals surface area contributed by atoms with E-state index in [-0.39, 0.29) is 5.91 Å². The zero-order valence-electron chi connectivity index (χ0n) is 12.1. The van der Waals surface area contributed by atoms with E-state index in [1.807, 2.05) is 7.05 Å². The molecular weight excluding hydrogens is 240 g/mol. The molecule has 0 radical (unpaired) electrons. The van der Waals surface area contributed by atoms with Crippen LogP contribution < -0.4 is 11.1 Å². The van der Waals surface area contributed by atoms with Crippen molar-refractivity contribution < 1.29 is 9.53 Å². The third-order valence-electron chi connectivity index (χ3n) is 5.15. The first-order valence-corrected chi connectivity index (χ1v) is 7.75. The molecule has 2 aliphatic rings. The third kappa shape index (κ3) is 3.29. The molecule has 2 fully saturated rings. The summed E-state index contributed by atoms with van der Waals surface area (Å²) in [6.07, 6.45) is 9.34. The van der Waals surface area contributed by atoms with Crippen LogP contribution in [0, 0.1) is 11.8 Å². The number of carbonyl (C=O) groups excluding carboxylic acids is 1. The Hall–Kier alpha value is -0.610. The first-order chi connectivity index (χ1) is 9.19. The van der Waals surface area contributed by atoms with Crippen molar-refractivity contribution >= 4 is 5.91 Å². The minimum atomic E-state index is -0.489. The van der Waals surface area contributed by atoms with Gasteiger partial charge in [0.25, 0.3) is 0 Å². The maximum Gasteiger partial charge on any atom is 0.238 e. The molecule has 4 heteroatoms. The molecule has 0 aliphatic heterocycles. The van der Waals surface area contributed by atoms with Crippen molar-refractivity contribution in [2.24, 2.45) is 17.6 Å². The van der Waals surface area contributed by atoms with Gasteiger partial charge in [0.15, 0.2) is 0 Å². The minimum absolute atomic E-state index is 0.201. The topological polar surface area (TPSA) is 64.3 Å². The molecule has 1 amide bonds. The smallest absolute Gasteiger partial charge is 0.238 e. The summed E-state index contributed by atoms with van der Waals surface area (Å²) >= 11 is 0. The van der Waals surface area contributed by atoms with Crippen LogP contribution in [0.5, 0.6) is 0 Å². The average Bonchev–Trinajstić information content (AvgIpc) is 3.04. The summed E-state index contributed by atoms with van der Waals surface area (Å²) in [6, 6.07) is 0. The van der Waals surface area contributed by atoms with Crippen LogP contribution in [0.4, 0.5) is 0 Å². The molecule has 0 spiro atoms. The van der Waals surface area contributed by atoms with Gasteiger partial charge in [-0.25, -0.2) is 0 Å². The van der Waals surface area contributed by atoms with Crippen molar-refractivity contribution in [1.82, 2.24) is 5.32 Å². The molecule has 0 aromatic heterocycles. The van der Waals surface area contributed by atoms with E-state index in [1.165, 1.54) is 25.7 Å². The third-order valence-corrected chi connectivity index (χ3v) is 5.15. The van der Waals surface area contributed by atoms with E-state index >= 15 is 0 Å². The van der Waals surface area contributed by atoms with Gasteiger partial charge in [-0.1, -0.05) is 19.3 Å². The molecule has 0 saturated heterocycles. The minimum Gasteiger partial charge on any atom is -0.381 e. The number of hydrogen-bond donors (Lipinski definition) is 2. The number of ether oxygens (including phenoxy) is 1. The second-order valence-electron chi connectivity index (χ2n) is 6.19. The number of likely N-dealkylation sites (N-methyl/N-ethyl adjacent to an activating group) is 1. The van der Waals surface area contributed by atoms with Crippen molar-refractivity contribution in [3.8, 4) is 0 Å². The number of amides is 1. The average molecular weight is 268 g/mol. The highest BCUT2D eigenvalue weighted by Crippen LogP contribution is 2.37. The van der Waals surface area contributed by atoms with Crippen molar-refractivity contribution in [3.05, 3.63) is 0 Å². The maximum absolute atomic E-state index is 11.7. The molecular formula is C15H28N2O2. The molecule has 3 N–H and O–H groups in total. The van der Waals surface area contributed by atoms with Gasteiger partial charge < -0.3 is 15.8 Å². The molecule has 0 heterocycles. The van der Waals surface area contributed by atoms with E-state index in [4.69, 9.17) is 10.5 Å². The standard InChI is InChI=1S/C15H28N2O2/c1-17-15(14(16)18)9-4-7-13(15)8-10-19-11-12-5-2-3-6-12/h12-13,17H,2-11H2,1H3,(H2,16,18). The molecule has 0 aromatic rings. The largest absolute Gasteiger partial charge is 0.381 e. The fourth-order valence-corrected chi connectivity index (χ4v) is 3.90. The van der Waals surface area contributed by atoms with Crippen LogP contribution in [0.1, 0.15) is 51.4 Å². The molecule has 2 rings (SSSR count). The summed E-state index contributed by atoms with van der Waals surface area (Å²) in [4.78, 5) is 11.7. The summed E-state index contributed by atoms with van der Waals surface area (Å²) in [5.74, 6) is 0.903. The molecule has 110 valence electrons. The Morgan fingerprint density at radius 3 is 2.68 bits per heavy atom. The second kappa shape index (κ2) is 6.71. The van der Waals surface area contributed by atoms with E-state index in [1.54, 1.807) is 0 Å². The van der Waals surface area contributed by atoms with E-state index < -0.39 is 5.54 Å². The predicted octanol–water partition coefficient (Wildman–Crippen LogP) is 1.83. The van der Waals surface area contributed by atoms with Crippen LogP contribution in [-0.2, 0) is 9.53 Å². The number of nitrogens with one attached hydrogen (secondary N) is 1. The molecule has 2 saturated carbocycles. The number of nitrogens with two attached hydrogens (primary N) is 1. The molecule has 19 heavy (non-hydrogen) atoms. The normalized spacial score (nSPS) is 31.9. The summed E-state index contributed by atoms with van der Waals surface area (Å²) in [5.41, 5.74) is 5.11. The van der Waals surface area contributed by atoms with Gasteiger partial charge in [0.05, 0.1) is 0 Å². The van der Waals surface area contributed by atoms with Gasteiger partial charge in [0.1, 0.15) is 5.54 Å². The Bertz CT molecular complexity index is 303. The van der Waals surface area contributed by atoms with Crippen LogP contribution in [0.25, 0.3) is 0 Å². The molecule has 2 aliphatic carbocycles. The van der Waals surface area contributed by atoms with Crippen LogP contribution in [0.3, 0.4) is 0 Å². The van der Waals surface area contributed by atoms with E-state index in [2.05, 4.69) is 5.32 Å². The number of hydrogen-bond acceptors (Lipinski definition) is 3. The molecule has 2 atom stereocenters. The molecule has 4 nitrogen and oxygen atoms in total. The maximum atomic E-state index is 11.7. The Morgan fingerprint density at radius 1 is 1.32 bits per heavy atom. The van der Waals surface area contributed by atoms with E-state index in [0.717, 1.165) is 44.8 Å². The van der Waals surface area contributed by atoms with Gasteiger partial charge in [-0.3, -0.25) is 4.79 Å². The highest BCUT2D eigenvalue weighted by molar-refractivity contribution is 5.85. The van der Waals surface area contributed by atoms with Crippen LogP contribution in [0.15, 0.2) is 0 Å².